The zero-order valence-electron chi connectivity index (χ0n) is 17.4. The van der Waals surface area contributed by atoms with E-state index in [9.17, 15) is 4.79 Å². The van der Waals surface area contributed by atoms with Gasteiger partial charge in [-0.15, -0.1) is 11.8 Å². The fourth-order valence-corrected chi connectivity index (χ4v) is 7.63. The monoisotopic (exact) mass is 389 g/mol. The summed E-state index contributed by atoms with van der Waals surface area (Å²) in [5.74, 6) is 3.73. The third kappa shape index (κ3) is 3.10. The summed E-state index contributed by atoms with van der Waals surface area (Å²) in [6, 6.07) is 0. The van der Waals surface area contributed by atoms with E-state index >= 15 is 0 Å². The van der Waals surface area contributed by atoms with Gasteiger partial charge in [-0.05, 0) is 99.2 Å². The molecule has 0 amide bonds. The molecule has 4 heteroatoms. The lowest BCUT2D eigenvalue weighted by atomic mass is 9.46. The topological polar surface area (TPSA) is 38.7 Å². The van der Waals surface area contributed by atoms with Crippen LogP contribution < -0.4 is 0 Å². The third-order valence-electron chi connectivity index (χ3n) is 8.82. The van der Waals surface area contributed by atoms with Crippen molar-refractivity contribution in [1.82, 2.24) is 0 Å². The number of allylic oxidation sites excluding steroid dienone is 2. The molecule has 0 N–H and O–H groups in total. The zero-order chi connectivity index (χ0) is 19.2. The standard InChI is InChI=1S/C23H35NO2S/c1-15(25)19-7-8-20-18-6-5-16-13-17(24-26-14-27-4)9-11-22(16,2)21(18)10-12-23(19,20)3/h13,18-21H,5-12,14H2,1-4H3/b24-17+/t18-,19+,20-,21-,22-,23+/m0/s1. The molecule has 0 saturated heterocycles. The molecule has 3 nitrogen and oxygen atoms in total. The van der Waals surface area contributed by atoms with Gasteiger partial charge < -0.3 is 4.84 Å². The van der Waals surface area contributed by atoms with Crippen molar-refractivity contribution in [3.8, 4) is 0 Å². The molecule has 4 rings (SSSR count). The SMILES string of the molecule is CSCO/N=C1/C=C2CC[C@H]3[C@@H]4CC[C@H](C(C)=O)[C@@]4(C)CC[C@@H]3[C@@]2(C)CC1. The fraction of sp³-hybridized carbons (Fsp3) is 0.826. The summed E-state index contributed by atoms with van der Waals surface area (Å²) in [6.45, 7) is 6.79. The van der Waals surface area contributed by atoms with Crippen molar-refractivity contribution in [3.63, 3.8) is 0 Å². The molecule has 4 aliphatic carbocycles. The van der Waals surface area contributed by atoms with E-state index < -0.39 is 0 Å². The molecule has 27 heavy (non-hydrogen) atoms. The Morgan fingerprint density at radius 3 is 2.74 bits per heavy atom. The minimum Gasteiger partial charge on any atom is -0.385 e. The lowest BCUT2D eigenvalue weighted by molar-refractivity contribution is -0.127. The lowest BCUT2D eigenvalue weighted by Crippen LogP contribution is -2.51. The summed E-state index contributed by atoms with van der Waals surface area (Å²) in [6.07, 6.45) is 14.1. The van der Waals surface area contributed by atoms with Crippen LogP contribution in [0.2, 0.25) is 0 Å². The van der Waals surface area contributed by atoms with Gasteiger partial charge in [0, 0.05) is 5.92 Å². The molecule has 6 atom stereocenters. The van der Waals surface area contributed by atoms with E-state index in [0.29, 0.717) is 23.1 Å². The molecule has 150 valence electrons. The smallest absolute Gasteiger partial charge is 0.162 e. The highest BCUT2D eigenvalue weighted by atomic mass is 32.2. The molecule has 0 aromatic rings. The van der Waals surface area contributed by atoms with Crippen LogP contribution in [0.5, 0.6) is 0 Å². The molecule has 0 radical (unpaired) electrons. The predicted molar refractivity (Wildman–Crippen MR) is 113 cm³/mol. The average Bonchev–Trinajstić information content (AvgIpc) is 2.99. The fourth-order valence-electron chi connectivity index (χ4n) is 7.47. The number of Topliss-reactive ketones (excluding diaryl/α,β-unsaturated/α-hetero) is 1. The first-order valence-electron chi connectivity index (χ1n) is 10.8. The quantitative estimate of drug-likeness (QED) is 0.344. The molecule has 0 spiro atoms. The van der Waals surface area contributed by atoms with E-state index in [1.807, 2.05) is 13.2 Å². The number of hydrogen-bond donors (Lipinski definition) is 0. The van der Waals surface area contributed by atoms with Gasteiger partial charge in [-0.25, -0.2) is 0 Å². The van der Waals surface area contributed by atoms with Gasteiger partial charge in [-0.1, -0.05) is 24.6 Å². The molecule has 0 bridgehead atoms. The maximum Gasteiger partial charge on any atom is 0.162 e. The maximum absolute atomic E-state index is 12.3. The molecule has 0 aliphatic heterocycles. The Morgan fingerprint density at radius 2 is 2.00 bits per heavy atom. The summed E-state index contributed by atoms with van der Waals surface area (Å²) in [5, 5.41) is 4.37. The van der Waals surface area contributed by atoms with E-state index in [1.54, 1.807) is 17.3 Å². The second-order valence-corrected chi connectivity index (χ2v) is 10.7. The number of thioether (sulfide) groups is 1. The van der Waals surface area contributed by atoms with Crippen LogP contribution in [-0.2, 0) is 9.63 Å². The van der Waals surface area contributed by atoms with Crippen molar-refractivity contribution in [3.05, 3.63) is 11.6 Å². The number of oxime groups is 1. The Morgan fingerprint density at radius 1 is 1.19 bits per heavy atom. The van der Waals surface area contributed by atoms with Crippen LogP contribution in [0, 0.1) is 34.5 Å². The second kappa shape index (κ2) is 7.24. The first-order valence-corrected chi connectivity index (χ1v) is 12.2. The Hall–Kier alpha value is -0.770. The van der Waals surface area contributed by atoms with Crippen LogP contribution in [0.25, 0.3) is 0 Å². The summed E-state index contributed by atoms with van der Waals surface area (Å²) < 4.78 is 0. The predicted octanol–water partition coefficient (Wildman–Crippen LogP) is 5.85. The highest BCUT2D eigenvalue weighted by Gasteiger charge is 2.59. The van der Waals surface area contributed by atoms with E-state index in [-0.39, 0.29) is 5.41 Å². The van der Waals surface area contributed by atoms with Gasteiger partial charge in [0.05, 0.1) is 5.71 Å². The van der Waals surface area contributed by atoms with E-state index in [0.717, 1.165) is 36.3 Å². The zero-order valence-corrected chi connectivity index (χ0v) is 18.2. The van der Waals surface area contributed by atoms with Crippen LogP contribution in [0.3, 0.4) is 0 Å². The van der Waals surface area contributed by atoms with Crippen molar-refractivity contribution in [2.24, 2.45) is 39.7 Å². The minimum atomic E-state index is 0.261. The first kappa shape index (κ1) is 19.5. The van der Waals surface area contributed by atoms with Crippen molar-refractivity contribution >= 4 is 23.3 Å². The maximum atomic E-state index is 12.3. The van der Waals surface area contributed by atoms with Crippen LogP contribution in [-0.4, -0.2) is 23.7 Å². The van der Waals surface area contributed by atoms with E-state index in [2.05, 4.69) is 25.1 Å². The Labute approximate surface area is 168 Å². The Bertz CT molecular complexity index is 671. The van der Waals surface area contributed by atoms with Gasteiger partial charge in [0.2, 0.25) is 0 Å². The van der Waals surface area contributed by atoms with Crippen molar-refractivity contribution in [2.75, 3.05) is 12.2 Å². The number of nitrogens with zero attached hydrogens (tertiary/aromatic N) is 1. The van der Waals surface area contributed by atoms with Gasteiger partial charge >= 0.3 is 0 Å². The van der Waals surface area contributed by atoms with Gasteiger partial charge in [-0.3, -0.25) is 4.79 Å². The number of fused-ring (bicyclic) bond motifs is 5. The van der Waals surface area contributed by atoms with E-state index in [4.69, 9.17) is 4.84 Å². The number of rotatable bonds is 4. The Kier molecular flexibility index (Phi) is 5.24. The summed E-state index contributed by atoms with van der Waals surface area (Å²) in [7, 11) is 0. The van der Waals surface area contributed by atoms with Crippen molar-refractivity contribution < 1.29 is 9.63 Å². The highest BCUT2D eigenvalue weighted by molar-refractivity contribution is 7.98. The molecule has 0 heterocycles. The second-order valence-electron chi connectivity index (χ2n) is 9.91. The molecule has 0 unspecified atom stereocenters. The number of carbonyl (C=O) groups excluding carboxylic acids is 1. The van der Waals surface area contributed by atoms with Gasteiger partial charge in [-0.2, -0.15) is 0 Å². The number of ketones is 1. The lowest BCUT2D eigenvalue weighted by Gasteiger charge is -2.58. The minimum absolute atomic E-state index is 0.261. The average molecular weight is 390 g/mol. The van der Waals surface area contributed by atoms with Crippen LogP contribution in [0.15, 0.2) is 16.8 Å². The molecule has 3 fully saturated rings. The number of carbonyl (C=O) groups is 1. The summed E-state index contributed by atoms with van der Waals surface area (Å²) in [4.78, 5) is 17.7. The normalized spacial score (nSPS) is 44.9. The first-order chi connectivity index (χ1) is 12.9. The van der Waals surface area contributed by atoms with E-state index in [1.165, 1.54) is 38.5 Å². The highest BCUT2D eigenvalue weighted by Crippen LogP contribution is 2.66. The van der Waals surface area contributed by atoms with Crippen LogP contribution >= 0.6 is 11.8 Å². The third-order valence-corrected chi connectivity index (χ3v) is 9.16. The molecule has 3 saturated carbocycles. The van der Waals surface area contributed by atoms with Gasteiger partial charge in [0.15, 0.2) is 5.94 Å². The van der Waals surface area contributed by atoms with Crippen molar-refractivity contribution in [2.45, 2.75) is 72.1 Å². The van der Waals surface area contributed by atoms with Crippen LogP contribution in [0.1, 0.15) is 72.1 Å². The number of hydrogen-bond acceptors (Lipinski definition) is 4. The molecule has 0 aromatic heterocycles. The summed E-state index contributed by atoms with van der Waals surface area (Å²) in [5.41, 5.74) is 3.34. The molecule has 4 aliphatic rings. The van der Waals surface area contributed by atoms with Crippen molar-refractivity contribution in [1.29, 1.82) is 0 Å². The largest absolute Gasteiger partial charge is 0.385 e. The Balaban J connectivity index is 1.57. The van der Waals surface area contributed by atoms with Gasteiger partial charge in [0.25, 0.3) is 0 Å². The van der Waals surface area contributed by atoms with Gasteiger partial charge in [0.1, 0.15) is 5.78 Å². The molecular weight excluding hydrogens is 354 g/mol. The molecule has 0 aromatic carbocycles. The van der Waals surface area contributed by atoms with Crippen LogP contribution in [0.4, 0.5) is 0 Å². The molecular formula is C23H35NO2S. The summed E-state index contributed by atoms with van der Waals surface area (Å²) >= 11 is 1.66.